The Morgan fingerprint density at radius 3 is 2.53 bits per heavy atom. The number of nitrogens with zero attached hydrogens (tertiary/aromatic N) is 1. The molecular formula is C13H24N2. The molecule has 2 heteroatoms. The Kier molecular flexibility index (Phi) is 3.81. The lowest BCUT2D eigenvalue weighted by Gasteiger charge is -2.30. The number of hydrogen-bond acceptors (Lipinski definition) is 2. The van der Waals surface area contributed by atoms with E-state index in [0.29, 0.717) is 0 Å². The standard InChI is InChI=1S/C13H24N2/c1-11-5-7-15(8-6-11)10-12(2)9-14-13-3-4-13/h11,13-14H,2-10H2,1H3. The highest BCUT2D eigenvalue weighted by atomic mass is 15.1. The Hall–Kier alpha value is -0.340. The van der Waals surface area contributed by atoms with Gasteiger partial charge in [0.15, 0.2) is 0 Å². The van der Waals surface area contributed by atoms with Crippen LogP contribution in [0, 0.1) is 5.92 Å². The predicted octanol–water partition coefficient (Wildman–Crippen LogP) is 2.03. The molecule has 0 aromatic heterocycles. The third-order valence-corrected chi connectivity index (χ3v) is 3.54. The SMILES string of the molecule is C=C(CNC1CC1)CN1CCC(C)CC1. The van der Waals surface area contributed by atoms with Gasteiger partial charge < -0.3 is 5.32 Å². The van der Waals surface area contributed by atoms with Crippen molar-refractivity contribution in [3.05, 3.63) is 12.2 Å². The average molecular weight is 208 g/mol. The molecule has 2 nitrogen and oxygen atoms in total. The van der Waals surface area contributed by atoms with Crippen LogP contribution in [0.1, 0.15) is 32.6 Å². The molecule has 1 saturated heterocycles. The molecule has 0 aromatic carbocycles. The molecule has 0 spiro atoms. The van der Waals surface area contributed by atoms with Crippen LogP contribution in [0.25, 0.3) is 0 Å². The minimum absolute atomic E-state index is 0.808. The molecule has 0 aromatic rings. The van der Waals surface area contributed by atoms with Crippen molar-refractivity contribution in [1.82, 2.24) is 10.2 Å². The minimum atomic E-state index is 0.808. The Morgan fingerprint density at radius 2 is 1.93 bits per heavy atom. The van der Waals surface area contributed by atoms with E-state index in [1.807, 2.05) is 0 Å². The van der Waals surface area contributed by atoms with Crippen LogP contribution < -0.4 is 5.32 Å². The summed E-state index contributed by atoms with van der Waals surface area (Å²) in [6.45, 7) is 11.2. The zero-order valence-corrected chi connectivity index (χ0v) is 9.97. The topological polar surface area (TPSA) is 15.3 Å². The summed E-state index contributed by atoms with van der Waals surface area (Å²) in [6.07, 6.45) is 5.47. The van der Waals surface area contributed by atoms with E-state index in [4.69, 9.17) is 0 Å². The van der Waals surface area contributed by atoms with E-state index in [2.05, 4.69) is 23.7 Å². The van der Waals surface area contributed by atoms with Gasteiger partial charge in [-0.15, -0.1) is 0 Å². The van der Waals surface area contributed by atoms with Crippen LogP contribution in [0.2, 0.25) is 0 Å². The fraction of sp³-hybridized carbons (Fsp3) is 0.846. The summed E-state index contributed by atoms with van der Waals surface area (Å²) < 4.78 is 0. The Morgan fingerprint density at radius 1 is 1.27 bits per heavy atom. The van der Waals surface area contributed by atoms with E-state index in [-0.39, 0.29) is 0 Å². The van der Waals surface area contributed by atoms with Gasteiger partial charge in [-0.25, -0.2) is 0 Å². The number of rotatable bonds is 5. The normalized spacial score (nSPS) is 24.3. The molecule has 1 saturated carbocycles. The maximum atomic E-state index is 4.16. The molecule has 1 N–H and O–H groups in total. The first-order chi connectivity index (χ1) is 7.24. The summed E-state index contributed by atoms with van der Waals surface area (Å²) in [5, 5.41) is 3.53. The summed E-state index contributed by atoms with van der Waals surface area (Å²) in [4.78, 5) is 2.55. The summed E-state index contributed by atoms with van der Waals surface area (Å²) >= 11 is 0. The molecule has 86 valence electrons. The van der Waals surface area contributed by atoms with Crippen molar-refractivity contribution in [2.75, 3.05) is 26.2 Å². The third kappa shape index (κ3) is 3.96. The van der Waals surface area contributed by atoms with Crippen molar-refractivity contribution in [3.8, 4) is 0 Å². The van der Waals surface area contributed by atoms with Crippen LogP contribution in [0.3, 0.4) is 0 Å². The van der Waals surface area contributed by atoms with E-state index < -0.39 is 0 Å². The van der Waals surface area contributed by atoms with Crippen molar-refractivity contribution < 1.29 is 0 Å². The lowest BCUT2D eigenvalue weighted by Crippen LogP contribution is -2.35. The molecule has 1 aliphatic heterocycles. The van der Waals surface area contributed by atoms with Gasteiger partial charge in [-0.2, -0.15) is 0 Å². The summed E-state index contributed by atoms with van der Waals surface area (Å²) in [6, 6.07) is 0.808. The fourth-order valence-electron chi connectivity index (χ4n) is 2.17. The molecule has 2 fully saturated rings. The zero-order chi connectivity index (χ0) is 10.7. The monoisotopic (exact) mass is 208 g/mol. The van der Waals surface area contributed by atoms with Gasteiger partial charge in [-0.1, -0.05) is 13.5 Å². The summed E-state index contributed by atoms with van der Waals surface area (Å²) in [7, 11) is 0. The van der Waals surface area contributed by atoms with Gasteiger partial charge in [0.05, 0.1) is 0 Å². The van der Waals surface area contributed by atoms with Crippen LogP contribution >= 0.6 is 0 Å². The number of likely N-dealkylation sites (tertiary alicyclic amines) is 1. The van der Waals surface area contributed by atoms with Crippen LogP contribution in [-0.4, -0.2) is 37.1 Å². The van der Waals surface area contributed by atoms with E-state index in [1.165, 1.54) is 44.3 Å². The summed E-state index contributed by atoms with van der Waals surface area (Å²) in [5.74, 6) is 0.930. The largest absolute Gasteiger partial charge is 0.310 e. The van der Waals surface area contributed by atoms with Crippen molar-refractivity contribution in [3.63, 3.8) is 0 Å². The highest BCUT2D eigenvalue weighted by molar-refractivity contribution is 5.02. The lowest BCUT2D eigenvalue weighted by molar-refractivity contribution is 0.205. The third-order valence-electron chi connectivity index (χ3n) is 3.54. The molecule has 2 aliphatic rings. The molecule has 0 radical (unpaired) electrons. The van der Waals surface area contributed by atoms with Crippen LogP contribution in [0.4, 0.5) is 0 Å². The molecular weight excluding hydrogens is 184 g/mol. The maximum Gasteiger partial charge on any atom is 0.0202 e. The van der Waals surface area contributed by atoms with Crippen molar-refractivity contribution in [2.45, 2.75) is 38.6 Å². The Labute approximate surface area is 93.7 Å². The number of hydrogen-bond donors (Lipinski definition) is 1. The van der Waals surface area contributed by atoms with Crippen molar-refractivity contribution in [2.24, 2.45) is 5.92 Å². The average Bonchev–Trinajstić information content (AvgIpc) is 3.02. The van der Waals surface area contributed by atoms with E-state index in [9.17, 15) is 0 Å². The van der Waals surface area contributed by atoms with Gasteiger partial charge in [-0.3, -0.25) is 4.90 Å². The van der Waals surface area contributed by atoms with Crippen molar-refractivity contribution in [1.29, 1.82) is 0 Å². The van der Waals surface area contributed by atoms with Gasteiger partial charge in [0.25, 0.3) is 0 Å². The quantitative estimate of drug-likeness (QED) is 0.695. The number of nitrogens with one attached hydrogen (secondary N) is 1. The first-order valence-electron chi connectivity index (χ1n) is 6.36. The smallest absolute Gasteiger partial charge is 0.0202 e. The first kappa shape index (κ1) is 11.2. The van der Waals surface area contributed by atoms with E-state index in [1.54, 1.807) is 0 Å². The molecule has 0 amide bonds. The molecule has 0 atom stereocenters. The van der Waals surface area contributed by atoms with Gasteiger partial charge in [0.2, 0.25) is 0 Å². The Bertz CT molecular complexity index is 213. The van der Waals surface area contributed by atoms with Gasteiger partial charge in [-0.05, 0) is 50.3 Å². The molecule has 1 aliphatic carbocycles. The van der Waals surface area contributed by atoms with E-state index >= 15 is 0 Å². The van der Waals surface area contributed by atoms with Gasteiger partial charge in [0, 0.05) is 19.1 Å². The maximum absolute atomic E-state index is 4.16. The van der Waals surface area contributed by atoms with Gasteiger partial charge in [0.1, 0.15) is 0 Å². The fourth-order valence-corrected chi connectivity index (χ4v) is 2.17. The van der Waals surface area contributed by atoms with Crippen molar-refractivity contribution >= 4 is 0 Å². The second-order valence-electron chi connectivity index (χ2n) is 5.36. The predicted molar refractivity (Wildman–Crippen MR) is 65.0 cm³/mol. The molecule has 15 heavy (non-hydrogen) atoms. The Balaban J connectivity index is 1.60. The van der Waals surface area contributed by atoms with E-state index in [0.717, 1.165) is 25.0 Å². The zero-order valence-electron chi connectivity index (χ0n) is 9.97. The molecule has 0 bridgehead atoms. The second kappa shape index (κ2) is 5.13. The second-order valence-corrected chi connectivity index (χ2v) is 5.36. The molecule has 2 rings (SSSR count). The van der Waals surface area contributed by atoms with Crippen LogP contribution in [0.5, 0.6) is 0 Å². The first-order valence-corrected chi connectivity index (χ1v) is 6.36. The van der Waals surface area contributed by atoms with Crippen LogP contribution in [-0.2, 0) is 0 Å². The summed E-state index contributed by atoms with van der Waals surface area (Å²) in [5.41, 5.74) is 1.36. The van der Waals surface area contributed by atoms with Gasteiger partial charge >= 0.3 is 0 Å². The molecule has 1 heterocycles. The minimum Gasteiger partial charge on any atom is -0.310 e. The molecule has 0 unspecified atom stereocenters. The number of piperidine rings is 1. The van der Waals surface area contributed by atoms with Crippen LogP contribution in [0.15, 0.2) is 12.2 Å². The highest BCUT2D eigenvalue weighted by Gasteiger charge is 2.21. The highest BCUT2D eigenvalue weighted by Crippen LogP contribution is 2.19. The lowest BCUT2D eigenvalue weighted by atomic mass is 9.99.